The molecule has 1 aliphatic heterocycles. The first kappa shape index (κ1) is 18.5. The van der Waals surface area contributed by atoms with Crippen LogP contribution >= 0.6 is 0 Å². The van der Waals surface area contributed by atoms with Gasteiger partial charge in [0, 0.05) is 11.6 Å². The zero-order valence-electron chi connectivity index (χ0n) is 14.0. The lowest BCUT2D eigenvalue weighted by molar-refractivity contribution is -0.384. The fourth-order valence-electron chi connectivity index (χ4n) is 2.43. The summed E-state index contributed by atoms with van der Waals surface area (Å²) in [4.78, 5) is 10.2. The van der Waals surface area contributed by atoms with Gasteiger partial charge < -0.3 is 9.47 Å². The average Bonchev–Trinajstić information content (AvgIpc) is 2.64. The van der Waals surface area contributed by atoms with Crippen molar-refractivity contribution in [2.75, 3.05) is 18.6 Å². The minimum Gasteiger partial charge on any atom is -0.486 e. The minimum atomic E-state index is -4.67. The minimum absolute atomic E-state index is 0.148. The number of halogens is 3. The molecule has 1 heterocycles. The molecule has 0 aromatic heterocycles. The Balaban J connectivity index is 1.85. The Bertz CT molecular complexity index is 913. The lowest BCUT2D eigenvalue weighted by atomic mass is 10.1. The van der Waals surface area contributed by atoms with E-state index < -0.39 is 22.4 Å². The van der Waals surface area contributed by atoms with E-state index in [-0.39, 0.29) is 5.69 Å². The highest BCUT2D eigenvalue weighted by atomic mass is 19.4. The molecule has 0 radical (unpaired) electrons. The molecule has 2 aromatic rings. The molecule has 1 aliphatic rings. The van der Waals surface area contributed by atoms with Crippen LogP contribution in [-0.2, 0) is 6.18 Å². The lowest BCUT2D eigenvalue weighted by Crippen LogP contribution is -2.15. The summed E-state index contributed by atoms with van der Waals surface area (Å²) in [6.45, 7) is 2.52. The van der Waals surface area contributed by atoms with E-state index in [0.717, 1.165) is 12.1 Å². The van der Waals surface area contributed by atoms with E-state index in [0.29, 0.717) is 42.1 Å². The highest BCUT2D eigenvalue weighted by Gasteiger charge is 2.33. The summed E-state index contributed by atoms with van der Waals surface area (Å²) >= 11 is 0. The van der Waals surface area contributed by atoms with E-state index in [1.807, 2.05) is 0 Å². The normalized spacial score (nSPS) is 14.0. The topological polar surface area (TPSA) is 86.0 Å². The first-order valence-corrected chi connectivity index (χ1v) is 7.81. The third-order valence-corrected chi connectivity index (χ3v) is 3.83. The highest BCUT2D eigenvalue weighted by molar-refractivity contribution is 5.99. The number of rotatable bonds is 4. The van der Waals surface area contributed by atoms with E-state index in [1.54, 1.807) is 25.1 Å². The van der Waals surface area contributed by atoms with E-state index in [2.05, 4.69) is 10.5 Å². The summed E-state index contributed by atoms with van der Waals surface area (Å²) in [6, 6.07) is 7.35. The molecule has 0 amide bonds. The fourth-order valence-corrected chi connectivity index (χ4v) is 2.43. The van der Waals surface area contributed by atoms with Crippen molar-refractivity contribution in [2.45, 2.75) is 13.1 Å². The van der Waals surface area contributed by atoms with Crippen molar-refractivity contribution in [3.63, 3.8) is 0 Å². The number of nitro benzene ring substituents is 1. The van der Waals surface area contributed by atoms with Gasteiger partial charge in [0.15, 0.2) is 11.5 Å². The molecule has 0 aliphatic carbocycles. The van der Waals surface area contributed by atoms with Crippen LogP contribution in [0.3, 0.4) is 0 Å². The summed E-state index contributed by atoms with van der Waals surface area (Å²) in [5, 5.41) is 15.1. The molecule has 1 N–H and O–H groups in total. The number of benzene rings is 2. The quantitative estimate of drug-likeness (QED) is 0.487. The smallest absolute Gasteiger partial charge is 0.416 e. The third kappa shape index (κ3) is 4.10. The van der Waals surface area contributed by atoms with Gasteiger partial charge in [-0.3, -0.25) is 15.5 Å². The number of ether oxygens (including phenoxy) is 2. The molecule has 3 rings (SSSR count). The summed E-state index contributed by atoms with van der Waals surface area (Å²) < 4.78 is 49.1. The number of nitrogens with one attached hydrogen (secondary N) is 1. The van der Waals surface area contributed by atoms with Crippen LogP contribution in [0.2, 0.25) is 0 Å². The van der Waals surface area contributed by atoms with E-state index >= 15 is 0 Å². The maximum atomic E-state index is 12.7. The number of fused-ring (bicyclic) bond motifs is 1. The molecule has 10 heteroatoms. The first-order valence-electron chi connectivity index (χ1n) is 7.81. The van der Waals surface area contributed by atoms with Crippen LogP contribution in [0.4, 0.5) is 24.5 Å². The Kier molecular flexibility index (Phi) is 4.89. The van der Waals surface area contributed by atoms with Gasteiger partial charge >= 0.3 is 6.18 Å². The van der Waals surface area contributed by atoms with Gasteiger partial charge in [-0.1, -0.05) is 0 Å². The number of nitrogens with zero attached hydrogens (tertiary/aromatic N) is 2. The fraction of sp³-hybridized carbons (Fsp3) is 0.235. The molecule has 2 aromatic carbocycles. The maximum absolute atomic E-state index is 12.7. The molecule has 0 saturated carbocycles. The van der Waals surface area contributed by atoms with Crippen LogP contribution in [0.5, 0.6) is 11.5 Å². The lowest BCUT2D eigenvalue weighted by Gasteiger charge is -2.18. The molecule has 0 fully saturated rings. The summed E-state index contributed by atoms with van der Waals surface area (Å²) in [5.41, 5.74) is 1.61. The monoisotopic (exact) mass is 381 g/mol. The predicted octanol–water partition coefficient (Wildman–Crippen LogP) is 4.22. The molecular formula is C17H14F3N3O4. The molecule has 0 bridgehead atoms. The Hall–Kier alpha value is -3.30. The zero-order valence-corrected chi connectivity index (χ0v) is 14.0. The van der Waals surface area contributed by atoms with Gasteiger partial charge in [-0.2, -0.15) is 18.3 Å². The number of anilines is 1. The van der Waals surface area contributed by atoms with Gasteiger partial charge in [-0.25, -0.2) is 0 Å². The summed E-state index contributed by atoms with van der Waals surface area (Å²) in [6.07, 6.45) is -4.67. The summed E-state index contributed by atoms with van der Waals surface area (Å²) in [5.74, 6) is 1.15. The van der Waals surface area contributed by atoms with Crippen molar-refractivity contribution in [3.8, 4) is 11.5 Å². The largest absolute Gasteiger partial charge is 0.486 e. The molecule has 0 atom stereocenters. The molecular weight excluding hydrogens is 367 g/mol. The van der Waals surface area contributed by atoms with Gasteiger partial charge in [0.05, 0.1) is 16.2 Å². The van der Waals surface area contributed by atoms with Crippen LogP contribution in [0, 0.1) is 10.1 Å². The molecule has 0 unspecified atom stereocenters. The standard InChI is InChI=1S/C17H14F3N3O4/c1-10(11-2-5-15-16(8-11)27-7-6-26-15)21-22-13-4-3-12(17(18,19)20)9-14(13)23(24)25/h2-5,8-9,22H,6-7H2,1H3/b21-10+. The first-order chi connectivity index (χ1) is 12.8. The second-order valence-electron chi connectivity index (χ2n) is 5.65. The van der Waals surface area contributed by atoms with Gasteiger partial charge in [0.1, 0.15) is 18.9 Å². The van der Waals surface area contributed by atoms with Crippen LogP contribution in [0.15, 0.2) is 41.5 Å². The highest BCUT2D eigenvalue weighted by Crippen LogP contribution is 2.35. The second-order valence-corrected chi connectivity index (χ2v) is 5.65. The Morgan fingerprint density at radius 3 is 2.52 bits per heavy atom. The number of hydrazone groups is 1. The van der Waals surface area contributed by atoms with Crippen LogP contribution in [-0.4, -0.2) is 23.8 Å². The molecule has 0 spiro atoms. The van der Waals surface area contributed by atoms with E-state index in [9.17, 15) is 23.3 Å². The van der Waals surface area contributed by atoms with Crippen molar-refractivity contribution >= 4 is 17.1 Å². The Morgan fingerprint density at radius 1 is 1.15 bits per heavy atom. The molecule has 142 valence electrons. The third-order valence-electron chi connectivity index (χ3n) is 3.83. The number of alkyl halides is 3. The molecule has 7 nitrogen and oxygen atoms in total. The van der Waals surface area contributed by atoms with Crippen molar-refractivity contribution < 1.29 is 27.6 Å². The average molecular weight is 381 g/mol. The van der Waals surface area contributed by atoms with Crippen molar-refractivity contribution in [3.05, 3.63) is 57.6 Å². The van der Waals surface area contributed by atoms with Crippen molar-refractivity contribution in [1.29, 1.82) is 0 Å². The number of hydrogen-bond acceptors (Lipinski definition) is 6. The van der Waals surface area contributed by atoms with Crippen LogP contribution in [0.25, 0.3) is 0 Å². The second kappa shape index (κ2) is 7.14. The van der Waals surface area contributed by atoms with Gasteiger partial charge in [-0.05, 0) is 37.3 Å². The van der Waals surface area contributed by atoms with Crippen LogP contribution < -0.4 is 14.9 Å². The number of nitro groups is 1. The van der Waals surface area contributed by atoms with Gasteiger partial charge in [-0.15, -0.1) is 0 Å². The maximum Gasteiger partial charge on any atom is 0.416 e. The molecule has 27 heavy (non-hydrogen) atoms. The SMILES string of the molecule is C/C(=N\Nc1ccc(C(F)(F)F)cc1[N+](=O)[O-])c1ccc2c(c1)OCCO2. The van der Waals surface area contributed by atoms with Crippen molar-refractivity contribution in [2.24, 2.45) is 5.10 Å². The van der Waals surface area contributed by atoms with Crippen LogP contribution in [0.1, 0.15) is 18.1 Å². The van der Waals surface area contributed by atoms with Gasteiger partial charge in [0.25, 0.3) is 5.69 Å². The predicted molar refractivity (Wildman–Crippen MR) is 91.4 cm³/mol. The number of hydrogen-bond donors (Lipinski definition) is 1. The zero-order chi connectivity index (χ0) is 19.6. The Labute approximate surface area is 151 Å². The van der Waals surface area contributed by atoms with E-state index in [1.165, 1.54) is 0 Å². The molecule has 0 saturated heterocycles. The van der Waals surface area contributed by atoms with Crippen molar-refractivity contribution in [1.82, 2.24) is 0 Å². The van der Waals surface area contributed by atoms with Gasteiger partial charge in [0.2, 0.25) is 0 Å². The van der Waals surface area contributed by atoms with E-state index in [4.69, 9.17) is 9.47 Å². The summed E-state index contributed by atoms with van der Waals surface area (Å²) in [7, 11) is 0. The Morgan fingerprint density at radius 2 is 1.85 bits per heavy atom.